The summed E-state index contributed by atoms with van der Waals surface area (Å²) in [7, 11) is 0. The van der Waals surface area contributed by atoms with E-state index in [1.165, 1.54) is 11.3 Å². The molecule has 0 saturated heterocycles. The van der Waals surface area contributed by atoms with Crippen LogP contribution < -0.4 is 10.6 Å². The topological polar surface area (TPSA) is 42.2 Å². The largest absolute Gasteiger partial charge is 0.326 e. The number of halogens is 1. The summed E-state index contributed by atoms with van der Waals surface area (Å²) in [6.07, 6.45) is 1.81. The third kappa shape index (κ3) is 2.96. The highest BCUT2D eigenvalue weighted by Crippen LogP contribution is 2.30. The average molecular weight is 320 g/mol. The Kier molecular flexibility index (Phi) is 4.56. The van der Waals surface area contributed by atoms with Gasteiger partial charge in [0.2, 0.25) is 0 Å². The maximum absolute atomic E-state index is 5.84. The third-order valence-corrected chi connectivity index (χ3v) is 3.54. The van der Waals surface area contributed by atoms with E-state index in [0.717, 1.165) is 22.4 Å². The van der Waals surface area contributed by atoms with E-state index >= 15 is 0 Å². The number of rotatable bonds is 4. The van der Waals surface area contributed by atoms with Crippen molar-refractivity contribution in [2.75, 3.05) is 11.4 Å². The van der Waals surface area contributed by atoms with Crippen molar-refractivity contribution >= 4 is 27.4 Å². The van der Waals surface area contributed by atoms with Crippen molar-refractivity contribution in [3.63, 3.8) is 0 Å². The molecule has 2 aromatic rings. The van der Waals surface area contributed by atoms with Gasteiger partial charge in [-0.1, -0.05) is 18.2 Å². The molecule has 0 aliphatic heterocycles. The van der Waals surface area contributed by atoms with Crippen molar-refractivity contribution in [2.45, 2.75) is 20.4 Å². The predicted molar refractivity (Wildman–Crippen MR) is 83.7 cm³/mol. The van der Waals surface area contributed by atoms with Crippen molar-refractivity contribution in [3.05, 3.63) is 52.1 Å². The molecule has 1 aromatic heterocycles. The second kappa shape index (κ2) is 6.17. The van der Waals surface area contributed by atoms with E-state index in [4.69, 9.17) is 5.73 Å². The molecule has 0 amide bonds. The molecule has 0 aliphatic rings. The fraction of sp³-hybridized carbons (Fsp3) is 0.267. The van der Waals surface area contributed by atoms with Crippen LogP contribution in [-0.2, 0) is 6.54 Å². The molecule has 1 aromatic carbocycles. The highest BCUT2D eigenvalue weighted by molar-refractivity contribution is 9.10. The normalized spacial score (nSPS) is 10.5. The zero-order chi connectivity index (χ0) is 13.8. The second-order valence-corrected chi connectivity index (χ2v) is 5.29. The lowest BCUT2D eigenvalue weighted by atomic mass is 10.1. The van der Waals surface area contributed by atoms with E-state index < -0.39 is 0 Å². The minimum Gasteiger partial charge on any atom is -0.326 e. The summed E-state index contributed by atoms with van der Waals surface area (Å²) in [5.74, 6) is 0.933. The molecule has 0 saturated carbocycles. The Balaban J connectivity index is 2.51. The first-order valence-electron chi connectivity index (χ1n) is 6.35. The van der Waals surface area contributed by atoms with Gasteiger partial charge in [-0.15, -0.1) is 0 Å². The van der Waals surface area contributed by atoms with E-state index in [2.05, 4.69) is 51.8 Å². The number of anilines is 2. The van der Waals surface area contributed by atoms with Gasteiger partial charge in [-0.3, -0.25) is 0 Å². The highest BCUT2D eigenvalue weighted by atomic mass is 79.9. The quantitative estimate of drug-likeness (QED) is 0.932. The number of para-hydroxylation sites is 1. The lowest BCUT2D eigenvalue weighted by Gasteiger charge is -2.26. The van der Waals surface area contributed by atoms with Gasteiger partial charge in [-0.05, 0) is 47.5 Å². The van der Waals surface area contributed by atoms with Gasteiger partial charge in [0.25, 0.3) is 0 Å². The molecule has 0 spiro atoms. The van der Waals surface area contributed by atoms with Crippen LogP contribution in [0.25, 0.3) is 0 Å². The second-order valence-electron chi connectivity index (χ2n) is 4.37. The van der Waals surface area contributed by atoms with Crippen molar-refractivity contribution in [1.29, 1.82) is 0 Å². The van der Waals surface area contributed by atoms with Crippen molar-refractivity contribution in [1.82, 2.24) is 4.98 Å². The predicted octanol–water partition coefficient (Wildman–Crippen LogP) is 3.77. The molecule has 0 bridgehead atoms. The molecule has 0 aliphatic carbocycles. The number of pyridine rings is 1. The van der Waals surface area contributed by atoms with Crippen LogP contribution in [0.4, 0.5) is 11.5 Å². The molecular weight excluding hydrogens is 302 g/mol. The molecule has 19 heavy (non-hydrogen) atoms. The first-order valence-corrected chi connectivity index (χ1v) is 7.14. The van der Waals surface area contributed by atoms with Crippen LogP contribution in [0.15, 0.2) is 41.0 Å². The van der Waals surface area contributed by atoms with E-state index in [1.54, 1.807) is 0 Å². The molecular formula is C15H18BrN3. The summed E-state index contributed by atoms with van der Waals surface area (Å²) in [4.78, 5) is 6.74. The van der Waals surface area contributed by atoms with Gasteiger partial charge < -0.3 is 10.6 Å². The standard InChI is InChI=1S/C15H18BrN3/c1-3-19(14-7-5-4-6-11(14)2)15-12(9-17)8-13(16)10-18-15/h4-8,10H,3,9,17H2,1-2H3. The Morgan fingerprint density at radius 3 is 2.68 bits per heavy atom. The smallest absolute Gasteiger partial charge is 0.137 e. The maximum atomic E-state index is 5.84. The lowest BCUT2D eigenvalue weighted by Crippen LogP contribution is -2.21. The third-order valence-electron chi connectivity index (χ3n) is 3.11. The van der Waals surface area contributed by atoms with Crippen LogP contribution in [0.1, 0.15) is 18.1 Å². The molecule has 0 fully saturated rings. The van der Waals surface area contributed by atoms with Crippen LogP contribution in [0.5, 0.6) is 0 Å². The van der Waals surface area contributed by atoms with Crippen molar-refractivity contribution in [2.24, 2.45) is 5.73 Å². The highest BCUT2D eigenvalue weighted by Gasteiger charge is 2.14. The van der Waals surface area contributed by atoms with E-state index in [0.29, 0.717) is 6.54 Å². The first-order chi connectivity index (χ1) is 9.17. The summed E-state index contributed by atoms with van der Waals surface area (Å²) in [6.45, 7) is 5.56. The van der Waals surface area contributed by atoms with Crippen molar-refractivity contribution in [3.8, 4) is 0 Å². The van der Waals surface area contributed by atoms with Crippen LogP contribution in [0.2, 0.25) is 0 Å². The first kappa shape index (κ1) is 14.0. The zero-order valence-electron chi connectivity index (χ0n) is 11.2. The number of aromatic nitrogens is 1. The van der Waals surface area contributed by atoms with E-state index in [1.807, 2.05) is 24.4 Å². The molecule has 0 unspecified atom stereocenters. The van der Waals surface area contributed by atoms with Crippen LogP contribution in [-0.4, -0.2) is 11.5 Å². The van der Waals surface area contributed by atoms with Gasteiger partial charge in [-0.2, -0.15) is 0 Å². The van der Waals surface area contributed by atoms with Gasteiger partial charge in [0.05, 0.1) is 0 Å². The molecule has 2 rings (SSSR count). The van der Waals surface area contributed by atoms with Crippen molar-refractivity contribution < 1.29 is 0 Å². The number of nitrogens with zero attached hydrogens (tertiary/aromatic N) is 2. The Bertz CT molecular complexity index is 569. The summed E-state index contributed by atoms with van der Waals surface area (Å²) in [5.41, 5.74) is 9.29. The van der Waals surface area contributed by atoms with Gasteiger partial charge >= 0.3 is 0 Å². The molecule has 0 radical (unpaired) electrons. The lowest BCUT2D eigenvalue weighted by molar-refractivity contribution is 0.942. The number of nitrogens with two attached hydrogens (primary N) is 1. The number of hydrogen-bond donors (Lipinski definition) is 1. The maximum Gasteiger partial charge on any atom is 0.137 e. The monoisotopic (exact) mass is 319 g/mol. The Morgan fingerprint density at radius 2 is 2.05 bits per heavy atom. The van der Waals surface area contributed by atoms with Gasteiger partial charge in [0, 0.05) is 35.0 Å². The molecule has 1 heterocycles. The fourth-order valence-electron chi connectivity index (χ4n) is 2.17. The SMILES string of the molecule is CCN(c1ccccc1C)c1ncc(Br)cc1CN. The number of benzene rings is 1. The Hall–Kier alpha value is -1.39. The molecule has 3 nitrogen and oxygen atoms in total. The van der Waals surface area contributed by atoms with E-state index in [9.17, 15) is 0 Å². The van der Waals surface area contributed by atoms with E-state index in [-0.39, 0.29) is 0 Å². The minimum atomic E-state index is 0.476. The number of aryl methyl sites for hydroxylation is 1. The van der Waals surface area contributed by atoms with Crippen LogP contribution in [0, 0.1) is 6.92 Å². The molecule has 4 heteroatoms. The molecule has 0 atom stereocenters. The van der Waals surface area contributed by atoms with Crippen LogP contribution >= 0.6 is 15.9 Å². The minimum absolute atomic E-state index is 0.476. The van der Waals surface area contributed by atoms with Gasteiger partial charge in [0.1, 0.15) is 5.82 Å². The summed E-state index contributed by atoms with van der Waals surface area (Å²) in [5, 5.41) is 0. The van der Waals surface area contributed by atoms with Crippen LogP contribution in [0.3, 0.4) is 0 Å². The molecule has 2 N–H and O–H groups in total. The summed E-state index contributed by atoms with van der Waals surface area (Å²) >= 11 is 3.44. The Morgan fingerprint density at radius 1 is 1.32 bits per heavy atom. The summed E-state index contributed by atoms with van der Waals surface area (Å²) < 4.78 is 0.956. The van der Waals surface area contributed by atoms with Gasteiger partial charge in [-0.25, -0.2) is 4.98 Å². The number of hydrogen-bond acceptors (Lipinski definition) is 3. The fourth-order valence-corrected chi connectivity index (χ4v) is 2.55. The Labute approximate surface area is 122 Å². The summed E-state index contributed by atoms with van der Waals surface area (Å²) in [6, 6.07) is 10.3. The average Bonchev–Trinajstić information content (AvgIpc) is 2.43. The van der Waals surface area contributed by atoms with Gasteiger partial charge in [0.15, 0.2) is 0 Å². The molecule has 100 valence electrons. The zero-order valence-corrected chi connectivity index (χ0v) is 12.8.